The molecule has 0 aromatic rings. The normalized spacial score (nSPS) is 38.2. The van der Waals surface area contributed by atoms with Crippen LogP contribution in [0, 0.1) is 39.4 Å². The Bertz CT molecular complexity index is 1220. The van der Waals surface area contributed by atoms with Gasteiger partial charge in [-0.05, 0) is 43.6 Å². The number of carbonyl (C=O) groups is 6. The molecular formula is C30H38O7. The number of allylic oxidation sites excluding steroid dienone is 4. The van der Waals surface area contributed by atoms with E-state index in [0.29, 0.717) is 29.6 Å². The second kappa shape index (κ2) is 8.40. The Balaban J connectivity index is 1.81. The maximum atomic E-state index is 14.0. The lowest BCUT2D eigenvalue weighted by Gasteiger charge is -2.58. The highest BCUT2D eigenvalue weighted by molar-refractivity contribution is 6.17. The molecular weight excluding hydrogens is 472 g/mol. The number of rotatable bonds is 5. The molecule has 4 aliphatic carbocycles. The number of Topliss-reactive ketones (excluding diaryl/α,β-unsaturated/α-hetero) is 4. The van der Waals surface area contributed by atoms with Crippen LogP contribution in [-0.2, 0) is 28.8 Å². The van der Waals surface area contributed by atoms with Crippen LogP contribution in [0.1, 0.15) is 87.0 Å². The van der Waals surface area contributed by atoms with Crippen molar-refractivity contribution in [1.82, 2.24) is 0 Å². The molecule has 1 unspecified atom stereocenters. The van der Waals surface area contributed by atoms with Crippen LogP contribution in [0.3, 0.4) is 0 Å². The van der Waals surface area contributed by atoms with Gasteiger partial charge in [0.05, 0.1) is 11.3 Å². The zero-order valence-corrected chi connectivity index (χ0v) is 22.9. The lowest BCUT2D eigenvalue weighted by Crippen LogP contribution is -2.59. The first-order valence-corrected chi connectivity index (χ1v) is 13.2. The highest BCUT2D eigenvalue weighted by atomic mass is 16.4. The third kappa shape index (κ3) is 3.59. The minimum Gasteiger partial charge on any atom is -0.481 e. The van der Waals surface area contributed by atoms with Crippen LogP contribution >= 0.6 is 0 Å². The number of fused-ring (bicyclic) bond motifs is 4. The molecule has 7 nitrogen and oxygen atoms in total. The molecule has 0 bridgehead atoms. The molecule has 0 saturated heterocycles. The summed E-state index contributed by atoms with van der Waals surface area (Å²) >= 11 is 0. The largest absolute Gasteiger partial charge is 0.481 e. The lowest BCUT2D eigenvalue weighted by atomic mass is 9.43. The first kappa shape index (κ1) is 27.3. The summed E-state index contributed by atoms with van der Waals surface area (Å²) in [5.41, 5.74) is -2.04. The molecule has 0 aliphatic heterocycles. The van der Waals surface area contributed by atoms with E-state index in [1.807, 2.05) is 27.7 Å². The molecule has 0 aromatic heterocycles. The van der Waals surface area contributed by atoms with E-state index in [2.05, 4.69) is 0 Å². The number of carboxylic acid groups (broad SMARTS) is 1. The van der Waals surface area contributed by atoms with Crippen molar-refractivity contribution >= 4 is 34.9 Å². The Hall–Kier alpha value is -2.70. The van der Waals surface area contributed by atoms with Crippen LogP contribution in [0.5, 0.6) is 0 Å². The molecule has 6 atom stereocenters. The second-order valence-electron chi connectivity index (χ2n) is 13.1. The molecule has 7 heteroatoms. The zero-order chi connectivity index (χ0) is 27.9. The fraction of sp³-hybridized carbons (Fsp3) is 0.667. The van der Waals surface area contributed by atoms with Crippen LogP contribution in [-0.4, -0.2) is 40.0 Å². The molecule has 0 radical (unpaired) electrons. The summed E-state index contributed by atoms with van der Waals surface area (Å²) in [7, 11) is 0. The summed E-state index contributed by atoms with van der Waals surface area (Å²) in [5, 5.41) is 9.14. The van der Waals surface area contributed by atoms with Gasteiger partial charge in [0.2, 0.25) is 0 Å². The molecule has 0 amide bonds. The third-order valence-electron chi connectivity index (χ3n) is 10.8. The highest BCUT2D eigenvalue weighted by Gasteiger charge is 2.70. The summed E-state index contributed by atoms with van der Waals surface area (Å²) in [5.74, 6) is -3.30. The van der Waals surface area contributed by atoms with Crippen molar-refractivity contribution in [2.24, 2.45) is 39.4 Å². The van der Waals surface area contributed by atoms with Gasteiger partial charge in [0.15, 0.2) is 17.3 Å². The molecule has 2 fully saturated rings. The lowest BCUT2D eigenvalue weighted by molar-refractivity contribution is -0.147. The van der Waals surface area contributed by atoms with Gasteiger partial charge in [-0.2, -0.15) is 0 Å². The number of carbonyl (C=O) groups excluding carboxylic acids is 5. The maximum absolute atomic E-state index is 14.0. The molecule has 2 saturated carbocycles. The molecule has 0 spiro atoms. The number of ketones is 5. The number of aliphatic carboxylic acids is 1. The molecule has 4 rings (SSSR count). The Morgan fingerprint density at radius 1 is 0.973 bits per heavy atom. The van der Waals surface area contributed by atoms with E-state index in [4.69, 9.17) is 5.11 Å². The van der Waals surface area contributed by atoms with E-state index in [9.17, 15) is 28.8 Å². The van der Waals surface area contributed by atoms with Crippen molar-refractivity contribution in [2.75, 3.05) is 0 Å². The van der Waals surface area contributed by atoms with Gasteiger partial charge < -0.3 is 5.11 Å². The topological polar surface area (TPSA) is 123 Å². The molecule has 0 heterocycles. The predicted octanol–water partition coefficient (Wildman–Crippen LogP) is 4.47. The maximum Gasteiger partial charge on any atom is 0.306 e. The standard InChI is InChI=1S/C30H38O7/c1-15(10-17(31)11-16(2)26(36)37)18-12-23(35)30(7)25-19(32)13-21-27(3,4)22(34)8-9-28(21,5)24(25)20(33)14-29(18,30)6/h10,16,18,21H,8-9,11-14H2,1-7H3,(H,36,37)/t16?,18-,21+,28+,29-,30+/m1/s1. The van der Waals surface area contributed by atoms with E-state index in [1.165, 1.54) is 13.0 Å². The van der Waals surface area contributed by atoms with Crippen LogP contribution in [0.25, 0.3) is 0 Å². The van der Waals surface area contributed by atoms with Crippen LogP contribution in [0.2, 0.25) is 0 Å². The molecule has 0 aromatic carbocycles. The van der Waals surface area contributed by atoms with Gasteiger partial charge in [-0.15, -0.1) is 0 Å². The minimum absolute atomic E-state index is 0.0770. The van der Waals surface area contributed by atoms with E-state index >= 15 is 0 Å². The SMILES string of the molecule is CC(=CC(=O)CC(C)C(=O)O)[C@H]1CC(=O)[C@@]2(C)C3=C(C(=O)C[C@]12C)[C@@]1(C)CCC(=O)C(C)(C)[C@@H]1CC3=O. The minimum atomic E-state index is -1.18. The number of carboxylic acids is 1. The Morgan fingerprint density at radius 2 is 1.59 bits per heavy atom. The number of hydrogen-bond donors (Lipinski definition) is 1. The fourth-order valence-electron chi connectivity index (χ4n) is 8.23. The van der Waals surface area contributed by atoms with Crippen molar-refractivity contribution in [2.45, 2.75) is 87.0 Å². The van der Waals surface area contributed by atoms with Crippen molar-refractivity contribution in [3.8, 4) is 0 Å². The highest BCUT2D eigenvalue weighted by Crippen LogP contribution is 2.69. The van der Waals surface area contributed by atoms with Crippen molar-refractivity contribution in [3.05, 3.63) is 22.8 Å². The first-order chi connectivity index (χ1) is 16.9. The second-order valence-corrected chi connectivity index (χ2v) is 13.1. The van der Waals surface area contributed by atoms with Gasteiger partial charge in [-0.1, -0.05) is 40.2 Å². The van der Waals surface area contributed by atoms with Gasteiger partial charge in [0.1, 0.15) is 11.6 Å². The van der Waals surface area contributed by atoms with Crippen LogP contribution in [0.15, 0.2) is 22.8 Å². The summed E-state index contributed by atoms with van der Waals surface area (Å²) in [6.45, 7) is 12.6. The van der Waals surface area contributed by atoms with Crippen LogP contribution < -0.4 is 0 Å². The Labute approximate surface area is 218 Å². The quantitative estimate of drug-likeness (QED) is 0.542. The van der Waals surface area contributed by atoms with Gasteiger partial charge in [-0.3, -0.25) is 28.8 Å². The van der Waals surface area contributed by atoms with E-state index in [0.717, 1.165) is 0 Å². The van der Waals surface area contributed by atoms with Crippen molar-refractivity contribution < 1.29 is 33.9 Å². The molecule has 1 N–H and O–H groups in total. The van der Waals surface area contributed by atoms with Crippen molar-refractivity contribution in [3.63, 3.8) is 0 Å². The summed E-state index contributed by atoms with van der Waals surface area (Å²) in [6.07, 6.45) is 2.40. The summed E-state index contributed by atoms with van der Waals surface area (Å²) in [6, 6.07) is 0. The Kier molecular flexibility index (Phi) is 6.21. The average Bonchev–Trinajstić information content (AvgIpc) is 2.99. The molecule has 200 valence electrons. The van der Waals surface area contributed by atoms with Gasteiger partial charge >= 0.3 is 5.97 Å². The predicted molar refractivity (Wildman–Crippen MR) is 135 cm³/mol. The summed E-state index contributed by atoms with van der Waals surface area (Å²) < 4.78 is 0. The van der Waals surface area contributed by atoms with E-state index < -0.39 is 39.5 Å². The zero-order valence-electron chi connectivity index (χ0n) is 22.9. The Morgan fingerprint density at radius 3 is 2.19 bits per heavy atom. The van der Waals surface area contributed by atoms with Gasteiger partial charge in [0, 0.05) is 54.1 Å². The average molecular weight is 511 g/mol. The molecule has 37 heavy (non-hydrogen) atoms. The first-order valence-electron chi connectivity index (χ1n) is 13.2. The molecule has 4 aliphatic rings. The number of hydrogen-bond acceptors (Lipinski definition) is 6. The fourth-order valence-corrected chi connectivity index (χ4v) is 8.23. The smallest absolute Gasteiger partial charge is 0.306 e. The third-order valence-corrected chi connectivity index (χ3v) is 10.8. The van der Waals surface area contributed by atoms with Gasteiger partial charge in [0.25, 0.3) is 0 Å². The van der Waals surface area contributed by atoms with E-state index in [1.54, 1.807) is 13.8 Å². The summed E-state index contributed by atoms with van der Waals surface area (Å²) in [4.78, 5) is 78.2. The van der Waals surface area contributed by atoms with E-state index in [-0.39, 0.29) is 60.5 Å². The van der Waals surface area contributed by atoms with Gasteiger partial charge in [-0.25, -0.2) is 0 Å². The monoisotopic (exact) mass is 510 g/mol. The van der Waals surface area contributed by atoms with Crippen molar-refractivity contribution in [1.29, 1.82) is 0 Å². The van der Waals surface area contributed by atoms with Crippen LogP contribution in [0.4, 0.5) is 0 Å².